The van der Waals surface area contributed by atoms with Crippen LogP contribution in [-0.2, 0) is 15.6 Å². The van der Waals surface area contributed by atoms with Crippen LogP contribution in [0, 0.1) is 0 Å². The number of rotatable bonds is 8. The SMILES string of the molecule is O=S(=O)(Cc1ccncn1)c1ccc(O[C@H]2CC[C@H](c3cccc(OC(F)(F)F)c3)C[C@@H]2N2CCCC2)nc1. The fourth-order valence-corrected chi connectivity index (χ4v) is 6.65. The van der Waals surface area contributed by atoms with E-state index in [1.807, 2.05) is 6.07 Å². The molecule has 0 radical (unpaired) electrons. The Morgan fingerprint density at radius 2 is 1.85 bits per heavy atom. The molecule has 2 aliphatic rings. The average Bonchev–Trinajstić information content (AvgIpc) is 3.44. The standard InChI is InChI=1S/C27H29F3N4O4S/c28-27(29,30)38-22-5-3-4-19(14-22)20-6-8-25(24(15-20)34-12-1-2-13-34)37-26-9-7-23(16-32-26)39(35,36)17-21-10-11-31-18-33-21/h3-5,7,9-11,14,16,18,20,24-25H,1-2,6,8,12-13,15,17H2/t20-,24-,25-/m0/s1. The summed E-state index contributed by atoms with van der Waals surface area (Å²) in [6, 6.07) is 10.9. The van der Waals surface area contributed by atoms with Crippen LogP contribution >= 0.6 is 0 Å². The van der Waals surface area contributed by atoms with Crippen molar-refractivity contribution in [3.63, 3.8) is 0 Å². The number of halogens is 3. The van der Waals surface area contributed by atoms with Gasteiger partial charge < -0.3 is 9.47 Å². The van der Waals surface area contributed by atoms with Gasteiger partial charge in [0, 0.05) is 24.5 Å². The lowest BCUT2D eigenvalue weighted by molar-refractivity contribution is -0.274. The van der Waals surface area contributed by atoms with E-state index in [0.717, 1.165) is 44.3 Å². The lowest BCUT2D eigenvalue weighted by Gasteiger charge is -2.41. The molecular weight excluding hydrogens is 533 g/mol. The first-order chi connectivity index (χ1) is 18.7. The molecule has 0 spiro atoms. The zero-order valence-electron chi connectivity index (χ0n) is 21.1. The van der Waals surface area contributed by atoms with Crippen LogP contribution in [0.2, 0.25) is 0 Å². The first kappa shape index (κ1) is 27.3. The summed E-state index contributed by atoms with van der Waals surface area (Å²) >= 11 is 0. The highest BCUT2D eigenvalue weighted by Crippen LogP contribution is 2.39. The van der Waals surface area contributed by atoms with Gasteiger partial charge in [0.2, 0.25) is 5.88 Å². The highest BCUT2D eigenvalue weighted by molar-refractivity contribution is 7.90. The fraction of sp³-hybridized carbons (Fsp3) is 0.444. The maximum atomic E-state index is 12.8. The third kappa shape index (κ3) is 7.04. The lowest BCUT2D eigenvalue weighted by atomic mass is 9.79. The molecule has 0 bridgehead atoms. The molecule has 0 unspecified atom stereocenters. The van der Waals surface area contributed by atoms with Crippen molar-refractivity contribution in [2.75, 3.05) is 13.1 Å². The van der Waals surface area contributed by atoms with Gasteiger partial charge in [0.15, 0.2) is 9.84 Å². The topological polar surface area (TPSA) is 94.5 Å². The Balaban J connectivity index is 1.28. The largest absolute Gasteiger partial charge is 0.573 e. The molecule has 3 atom stereocenters. The lowest BCUT2D eigenvalue weighted by Crippen LogP contribution is -2.48. The van der Waals surface area contributed by atoms with Gasteiger partial charge in [0.1, 0.15) is 18.2 Å². The van der Waals surface area contributed by atoms with E-state index < -0.39 is 16.2 Å². The van der Waals surface area contributed by atoms with Crippen molar-refractivity contribution in [2.24, 2.45) is 0 Å². The number of nitrogens with zero attached hydrogens (tertiary/aromatic N) is 4. The van der Waals surface area contributed by atoms with Crippen LogP contribution in [0.3, 0.4) is 0 Å². The van der Waals surface area contributed by atoms with E-state index in [1.54, 1.807) is 18.2 Å². The van der Waals surface area contributed by atoms with E-state index in [2.05, 4.69) is 24.6 Å². The van der Waals surface area contributed by atoms with E-state index in [-0.39, 0.29) is 34.5 Å². The van der Waals surface area contributed by atoms with E-state index in [1.165, 1.54) is 36.9 Å². The first-order valence-corrected chi connectivity index (χ1v) is 14.5. The number of pyridine rings is 1. The fourth-order valence-electron chi connectivity index (χ4n) is 5.44. The van der Waals surface area contributed by atoms with Gasteiger partial charge in [-0.3, -0.25) is 4.90 Å². The highest BCUT2D eigenvalue weighted by Gasteiger charge is 2.38. The monoisotopic (exact) mass is 562 g/mol. The quantitative estimate of drug-likeness (QED) is 0.382. The smallest absolute Gasteiger partial charge is 0.473 e. The number of likely N-dealkylation sites (tertiary alicyclic amines) is 1. The summed E-state index contributed by atoms with van der Waals surface area (Å²) in [5.41, 5.74) is 1.21. The molecule has 3 aromatic rings. The molecule has 2 fully saturated rings. The molecule has 12 heteroatoms. The minimum atomic E-state index is -4.74. The Morgan fingerprint density at radius 3 is 2.54 bits per heavy atom. The maximum Gasteiger partial charge on any atom is 0.573 e. The normalized spacial score (nSPS) is 22.5. The molecule has 1 aromatic carbocycles. The number of hydrogen-bond acceptors (Lipinski definition) is 8. The summed E-state index contributed by atoms with van der Waals surface area (Å²) in [6.07, 6.45) is 3.50. The van der Waals surface area contributed by atoms with Crippen molar-refractivity contribution in [2.45, 2.75) is 67.2 Å². The number of aromatic nitrogens is 3. The summed E-state index contributed by atoms with van der Waals surface area (Å²) in [6.45, 7) is 1.87. The van der Waals surface area contributed by atoms with Gasteiger partial charge in [-0.2, -0.15) is 0 Å². The molecule has 2 aromatic heterocycles. The van der Waals surface area contributed by atoms with Crippen molar-refractivity contribution in [1.82, 2.24) is 19.9 Å². The summed E-state index contributed by atoms with van der Waals surface area (Å²) in [4.78, 5) is 14.5. The Bertz CT molecular complexity index is 1350. The molecule has 3 heterocycles. The molecule has 0 N–H and O–H groups in total. The van der Waals surface area contributed by atoms with Gasteiger partial charge in [-0.05, 0) is 80.9 Å². The molecule has 1 aliphatic carbocycles. The second kappa shape index (κ2) is 11.5. The molecule has 39 heavy (non-hydrogen) atoms. The van der Waals surface area contributed by atoms with Crippen molar-refractivity contribution < 1.29 is 31.1 Å². The van der Waals surface area contributed by atoms with Crippen LogP contribution in [0.4, 0.5) is 13.2 Å². The summed E-state index contributed by atoms with van der Waals surface area (Å²) < 4.78 is 74.2. The first-order valence-electron chi connectivity index (χ1n) is 12.9. The minimum absolute atomic E-state index is 0.0569. The minimum Gasteiger partial charge on any atom is -0.473 e. The number of alkyl halides is 3. The van der Waals surface area contributed by atoms with Gasteiger partial charge in [0.05, 0.1) is 16.3 Å². The molecule has 5 rings (SSSR count). The molecule has 0 amide bonds. The van der Waals surface area contributed by atoms with Gasteiger partial charge in [-0.1, -0.05) is 12.1 Å². The van der Waals surface area contributed by atoms with Crippen molar-refractivity contribution in [1.29, 1.82) is 0 Å². The van der Waals surface area contributed by atoms with Gasteiger partial charge in [-0.25, -0.2) is 23.4 Å². The van der Waals surface area contributed by atoms with Crippen LogP contribution in [0.25, 0.3) is 0 Å². The average molecular weight is 563 g/mol. The third-order valence-corrected chi connectivity index (χ3v) is 8.88. The van der Waals surface area contributed by atoms with Crippen LogP contribution in [0.15, 0.2) is 66.1 Å². The predicted octanol–water partition coefficient (Wildman–Crippen LogP) is 4.92. The summed E-state index contributed by atoms with van der Waals surface area (Å²) in [5, 5.41) is 0. The van der Waals surface area contributed by atoms with Gasteiger partial charge in [0.25, 0.3) is 0 Å². The summed E-state index contributed by atoms with van der Waals surface area (Å²) in [7, 11) is -3.64. The van der Waals surface area contributed by atoms with Crippen LogP contribution < -0.4 is 9.47 Å². The Morgan fingerprint density at radius 1 is 1.03 bits per heavy atom. The van der Waals surface area contributed by atoms with E-state index in [9.17, 15) is 21.6 Å². The summed E-state index contributed by atoms with van der Waals surface area (Å²) in [5.74, 6) is -0.0676. The second-order valence-electron chi connectivity index (χ2n) is 9.89. The highest BCUT2D eigenvalue weighted by atomic mass is 32.2. The Labute approximate surface area is 225 Å². The second-order valence-corrected chi connectivity index (χ2v) is 11.9. The van der Waals surface area contributed by atoms with E-state index in [0.29, 0.717) is 18.0 Å². The zero-order chi connectivity index (χ0) is 27.5. The maximum absolute atomic E-state index is 12.8. The molecule has 1 aliphatic heterocycles. The van der Waals surface area contributed by atoms with Crippen LogP contribution in [0.1, 0.15) is 49.3 Å². The molecule has 1 saturated carbocycles. The third-order valence-electron chi connectivity index (χ3n) is 7.25. The number of benzene rings is 1. The molecule has 8 nitrogen and oxygen atoms in total. The van der Waals surface area contributed by atoms with E-state index in [4.69, 9.17) is 4.74 Å². The molecule has 208 valence electrons. The van der Waals surface area contributed by atoms with Crippen LogP contribution in [-0.4, -0.2) is 59.9 Å². The van der Waals surface area contributed by atoms with Crippen molar-refractivity contribution >= 4 is 9.84 Å². The van der Waals surface area contributed by atoms with Crippen molar-refractivity contribution in [3.05, 3.63) is 72.4 Å². The van der Waals surface area contributed by atoms with Gasteiger partial charge >= 0.3 is 6.36 Å². The van der Waals surface area contributed by atoms with Crippen molar-refractivity contribution in [3.8, 4) is 11.6 Å². The van der Waals surface area contributed by atoms with Gasteiger partial charge in [-0.15, -0.1) is 13.2 Å². The van der Waals surface area contributed by atoms with E-state index >= 15 is 0 Å². The number of hydrogen-bond donors (Lipinski definition) is 0. The Hall–Kier alpha value is -3.25. The van der Waals surface area contributed by atoms with Crippen LogP contribution in [0.5, 0.6) is 11.6 Å². The predicted molar refractivity (Wildman–Crippen MR) is 136 cm³/mol. The number of ether oxygens (including phenoxy) is 2. The number of sulfone groups is 1. The molecule has 1 saturated heterocycles. The molecular formula is C27H29F3N4O4S. The Kier molecular flexibility index (Phi) is 8.03. The zero-order valence-corrected chi connectivity index (χ0v) is 21.9.